The van der Waals surface area contributed by atoms with Gasteiger partial charge < -0.3 is 14.8 Å². The highest BCUT2D eigenvalue weighted by Crippen LogP contribution is 2.45. The van der Waals surface area contributed by atoms with Crippen LogP contribution in [0, 0.1) is 5.92 Å². The molecule has 5 rings (SSSR count). The molecule has 3 atom stereocenters. The predicted molar refractivity (Wildman–Crippen MR) is 118 cm³/mol. The molecule has 4 nitrogen and oxygen atoms in total. The SMILES string of the molecule is CC(C)n1cc2c3c(cccc31)C1CC(C(=O)NC3CCCCC3)CN(C)[C@@H]1C2. The van der Waals surface area contributed by atoms with E-state index in [4.69, 9.17) is 0 Å². The molecule has 0 bridgehead atoms. The highest BCUT2D eigenvalue weighted by Gasteiger charge is 2.42. The number of likely N-dealkylation sites (N-methyl/N-ethyl adjacent to an activating group) is 1. The fourth-order valence-electron chi connectivity index (χ4n) is 6.26. The van der Waals surface area contributed by atoms with Gasteiger partial charge in [0.25, 0.3) is 0 Å². The molecular formula is C25H35N3O. The lowest BCUT2D eigenvalue weighted by Gasteiger charge is -2.45. The molecule has 0 spiro atoms. The third-order valence-corrected chi connectivity index (χ3v) is 7.75. The maximum atomic E-state index is 13.1. The highest BCUT2D eigenvalue weighted by molar-refractivity contribution is 5.89. The summed E-state index contributed by atoms with van der Waals surface area (Å²) in [6, 6.07) is 8.18. The van der Waals surface area contributed by atoms with Gasteiger partial charge in [0.05, 0.1) is 5.92 Å². The van der Waals surface area contributed by atoms with Gasteiger partial charge in [-0.3, -0.25) is 4.79 Å². The van der Waals surface area contributed by atoms with E-state index in [1.807, 2.05) is 0 Å². The number of hydrogen-bond acceptors (Lipinski definition) is 2. The molecule has 2 aliphatic carbocycles. The molecule has 1 aliphatic heterocycles. The molecule has 0 radical (unpaired) electrons. The number of rotatable bonds is 3. The number of aromatic nitrogens is 1. The van der Waals surface area contributed by atoms with Crippen molar-refractivity contribution < 1.29 is 4.79 Å². The van der Waals surface area contributed by atoms with Crippen LogP contribution in [0.5, 0.6) is 0 Å². The summed E-state index contributed by atoms with van der Waals surface area (Å²) in [5.41, 5.74) is 4.32. The standard InChI is InChI=1S/C25H35N3O/c1-16(2)28-15-17-13-23-21(20-10-7-11-22(28)24(17)20)12-18(14-27(23)3)25(29)26-19-8-5-4-6-9-19/h7,10-11,15-16,18-19,21,23H,4-6,8-9,12-14H2,1-3H3,(H,26,29)/t18?,21?,23-/m1/s1. The number of piperidine rings is 1. The molecule has 29 heavy (non-hydrogen) atoms. The zero-order valence-electron chi connectivity index (χ0n) is 18.2. The summed E-state index contributed by atoms with van der Waals surface area (Å²) in [6.45, 7) is 5.41. The van der Waals surface area contributed by atoms with E-state index in [1.165, 1.54) is 41.3 Å². The maximum absolute atomic E-state index is 13.1. The number of nitrogens with one attached hydrogen (secondary N) is 1. The second-order valence-corrected chi connectivity index (χ2v) is 9.99. The van der Waals surface area contributed by atoms with Crippen molar-refractivity contribution in [3.8, 4) is 0 Å². The largest absolute Gasteiger partial charge is 0.353 e. The van der Waals surface area contributed by atoms with Crippen LogP contribution in [0.3, 0.4) is 0 Å². The smallest absolute Gasteiger partial charge is 0.224 e. The van der Waals surface area contributed by atoms with E-state index in [2.05, 4.69) is 60.1 Å². The predicted octanol–water partition coefficient (Wildman–Crippen LogP) is 4.63. The van der Waals surface area contributed by atoms with E-state index in [0.717, 1.165) is 32.2 Å². The van der Waals surface area contributed by atoms with Gasteiger partial charge >= 0.3 is 0 Å². The molecule has 1 amide bonds. The summed E-state index contributed by atoms with van der Waals surface area (Å²) >= 11 is 0. The van der Waals surface area contributed by atoms with E-state index in [9.17, 15) is 4.79 Å². The number of fused-ring (bicyclic) bond motifs is 2. The minimum absolute atomic E-state index is 0.104. The number of likely N-dealkylation sites (tertiary alicyclic amines) is 1. The van der Waals surface area contributed by atoms with Gasteiger partial charge in [0.2, 0.25) is 5.91 Å². The monoisotopic (exact) mass is 393 g/mol. The number of hydrogen-bond donors (Lipinski definition) is 1. The number of carbonyl (C=O) groups excluding carboxylic acids is 1. The van der Waals surface area contributed by atoms with Crippen LogP contribution in [-0.4, -0.2) is 41.1 Å². The fraction of sp³-hybridized carbons (Fsp3) is 0.640. The topological polar surface area (TPSA) is 37.3 Å². The Morgan fingerprint density at radius 3 is 2.72 bits per heavy atom. The average Bonchev–Trinajstić information content (AvgIpc) is 3.10. The molecule has 1 aromatic heterocycles. The van der Waals surface area contributed by atoms with E-state index >= 15 is 0 Å². The van der Waals surface area contributed by atoms with E-state index < -0.39 is 0 Å². The molecule has 2 unspecified atom stereocenters. The molecular weight excluding hydrogens is 358 g/mol. The first kappa shape index (κ1) is 19.2. The summed E-state index contributed by atoms with van der Waals surface area (Å²) in [5, 5.41) is 4.86. The summed E-state index contributed by atoms with van der Waals surface area (Å²) in [6.07, 6.45) is 10.6. The van der Waals surface area contributed by atoms with Crippen molar-refractivity contribution in [1.29, 1.82) is 0 Å². The Kier molecular flexibility index (Phi) is 4.93. The number of carbonyl (C=O) groups is 1. The van der Waals surface area contributed by atoms with Crippen LogP contribution in [0.2, 0.25) is 0 Å². The van der Waals surface area contributed by atoms with Gasteiger partial charge in [-0.1, -0.05) is 31.4 Å². The summed E-state index contributed by atoms with van der Waals surface area (Å²) in [5.74, 6) is 0.849. The quantitative estimate of drug-likeness (QED) is 0.825. The second-order valence-electron chi connectivity index (χ2n) is 9.99. The van der Waals surface area contributed by atoms with Crippen LogP contribution < -0.4 is 5.32 Å². The minimum Gasteiger partial charge on any atom is -0.353 e. The maximum Gasteiger partial charge on any atom is 0.224 e. The Bertz CT molecular complexity index is 908. The summed E-state index contributed by atoms with van der Waals surface area (Å²) in [7, 11) is 2.22. The second kappa shape index (κ2) is 7.46. The molecule has 4 heteroatoms. The first-order valence-electron chi connectivity index (χ1n) is 11.7. The third kappa shape index (κ3) is 3.30. The molecule has 1 saturated carbocycles. The Labute approximate surface area is 174 Å². The molecule has 1 saturated heterocycles. The molecule has 2 aromatic rings. The Balaban J connectivity index is 1.43. The van der Waals surface area contributed by atoms with Crippen molar-refractivity contribution in [3.05, 3.63) is 35.5 Å². The van der Waals surface area contributed by atoms with Crippen LogP contribution in [0.25, 0.3) is 10.9 Å². The third-order valence-electron chi connectivity index (χ3n) is 7.75. The fourth-order valence-corrected chi connectivity index (χ4v) is 6.26. The van der Waals surface area contributed by atoms with Gasteiger partial charge in [0.1, 0.15) is 0 Å². The van der Waals surface area contributed by atoms with E-state index in [1.54, 1.807) is 0 Å². The number of amides is 1. The van der Waals surface area contributed by atoms with Gasteiger partial charge in [0.15, 0.2) is 0 Å². The van der Waals surface area contributed by atoms with Crippen LogP contribution >= 0.6 is 0 Å². The average molecular weight is 394 g/mol. The highest BCUT2D eigenvalue weighted by atomic mass is 16.2. The van der Waals surface area contributed by atoms with Gasteiger partial charge in [-0.15, -0.1) is 0 Å². The van der Waals surface area contributed by atoms with Crippen LogP contribution in [-0.2, 0) is 11.2 Å². The first-order chi connectivity index (χ1) is 14.0. The molecule has 156 valence electrons. The minimum atomic E-state index is 0.104. The van der Waals surface area contributed by atoms with Crippen molar-refractivity contribution in [2.45, 2.75) is 82.8 Å². The van der Waals surface area contributed by atoms with Crippen molar-refractivity contribution in [1.82, 2.24) is 14.8 Å². The number of nitrogens with zero attached hydrogens (tertiary/aromatic N) is 2. The lowest BCUT2D eigenvalue weighted by atomic mass is 9.72. The molecule has 2 heterocycles. The molecule has 1 aromatic carbocycles. The van der Waals surface area contributed by atoms with Gasteiger partial charge in [-0.2, -0.15) is 0 Å². The normalized spacial score (nSPS) is 27.9. The van der Waals surface area contributed by atoms with Crippen molar-refractivity contribution in [2.75, 3.05) is 13.6 Å². The first-order valence-corrected chi connectivity index (χ1v) is 11.7. The number of benzene rings is 1. The molecule has 2 fully saturated rings. The molecule has 1 N–H and O–H groups in total. The van der Waals surface area contributed by atoms with E-state index in [-0.39, 0.29) is 5.92 Å². The van der Waals surface area contributed by atoms with Crippen molar-refractivity contribution >= 4 is 16.8 Å². The zero-order chi connectivity index (χ0) is 20.1. The lowest BCUT2D eigenvalue weighted by Crippen LogP contribution is -2.52. The Hall–Kier alpha value is -1.81. The Morgan fingerprint density at radius 2 is 1.97 bits per heavy atom. The summed E-state index contributed by atoms with van der Waals surface area (Å²) in [4.78, 5) is 15.6. The van der Waals surface area contributed by atoms with Crippen LogP contribution in [0.1, 0.15) is 75.5 Å². The van der Waals surface area contributed by atoms with Gasteiger partial charge in [-0.25, -0.2) is 0 Å². The van der Waals surface area contributed by atoms with Crippen LogP contribution in [0.4, 0.5) is 0 Å². The lowest BCUT2D eigenvalue weighted by molar-refractivity contribution is -0.128. The van der Waals surface area contributed by atoms with Crippen molar-refractivity contribution in [2.24, 2.45) is 5.92 Å². The van der Waals surface area contributed by atoms with Crippen molar-refractivity contribution in [3.63, 3.8) is 0 Å². The Morgan fingerprint density at radius 1 is 1.17 bits per heavy atom. The molecule has 3 aliphatic rings. The van der Waals surface area contributed by atoms with Gasteiger partial charge in [0, 0.05) is 47.7 Å². The van der Waals surface area contributed by atoms with E-state index in [0.29, 0.717) is 30.0 Å². The van der Waals surface area contributed by atoms with Gasteiger partial charge in [-0.05, 0) is 63.8 Å². The van der Waals surface area contributed by atoms with Crippen LogP contribution in [0.15, 0.2) is 24.4 Å². The zero-order valence-corrected chi connectivity index (χ0v) is 18.2. The summed E-state index contributed by atoms with van der Waals surface area (Å²) < 4.78 is 2.43.